The van der Waals surface area contributed by atoms with Crippen molar-refractivity contribution in [3.63, 3.8) is 0 Å². The minimum Gasteiger partial charge on any atom is -0.335 e. The Kier molecular flexibility index (Phi) is 10.2. The van der Waals surface area contributed by atoms with Gasteiger partial charge in [-0.05, 0) is 88.6 Å². The Morgan fingerprint density at radius 2 is 1.63 bits per heavy atom. The van der Waals surface area contributed by atoms with Crippen molar-refractivity contribution in [3.8, 4) is 0 Å². The molecule has 3 aliphatic rings. The molecule has 222 valence electrons. The van der Waals surface area contributed by atoms with Crippen LogP contribution in [0.5, 0.6) is 0 Å². The molecule has 1 aliphatic carbocycles. The molecule has 1 aromatic heterocycles. The predicted octanol–water partition coefficient (Wildman–Crippen LogP) is 6.05. The number of fused-ring (bicyclic) bond motifs is 2. The van der Waals surface area contributed by atoms with E-state index in [4.69, 9.17) is 11.6 Å². The highest BCUT2D eigenvalue weighted by Crippen LogP contribution is 2.40. The highest BCUT2D eigenvalue weighted by Gasteiger charge is 2.48. The number of piperidine rings is 1. The molecule has 3 fully saturated rings. The number of carbonyl (C=O) groups excluding carboxylic acids is 2. The Hall–Kier alpha value is -2.64. The Morgan fingerprint density at radius 1 is 0.951 bits per heavy atom. The number of amides is 3. The van der Waals surface area contributed by atoms with Crippen LogP contribution in [0.25, 0.3) is 0 Å². The topological polar surface area (TPSA) is 68.8 Å². The Labute approximate surface area is 250 Å². The number of aromatic nitrogens is 1. The molecule has 2 unspecified atom stereocenters. The third-order valence-corrected chi connectivity index (χ3v) is 9.74. The van der Waals surface area contributed by atoms with Gasteiger partial charge >= 0.3 is 6.03 Å². The first-order valence-corrected chi connectivity index (χ1v) is 16.1. The number of carbonyl (C=O) groups is 2. The van der Waals surface area contributed by atoms with Crippen molar-refractivity contribution in [3.05, 3.63) is 64.9 Å². The number of nitrogens with zero attached hydrogens (tertiary/aromatic N) is 4. The number of halogens is 1. The number of nitrogens with one attached hydrogen (secondary N) is 1. The van der Waals surface area contributed by atoms with Crippen molar-refractivity contribution in [2.45, 2.75) is 115 Å². The van der Waals surface area contributed by atoms with E-state index in [0.29, 0.717) is 24.0 Å². The lowest BCUT2D eigenvalue weighted by Gasteiger charge is -2.48. The van der Waals surface area contributed by atoms with E-state index in [0.717, 1.165) is 62.9 Å². The maximum atomic E-state index is 14.3. The van der Waals surface area contributed by atoms with Crippen LogP contribution in [-0.2, 0) is 17.8 Å². The molecule has 0 radical (unpaired) electrons. The van der Waals surface area contributed by atoms with Gasteiger partial charge in [0.05, 0.1) is 11.7 Å². The number of benzene rings is 1. The third-order valence-electron chi connectivity index (χ3n) is 9.49. The fourth-order valence-corrected chi connectivity index (χ4v) is 7.50. The minimum atomic E-state index is -0.357. The summed E-state index contributed by atoms with van der Waals surface area (Å²) in [5.74, 6) is 0.168. The molecule has 2 aromatic rings. The van der Waals surface area contributed by atoms with Crippen molar-refractivity contribution >= 4 is 23.5 Å². The second-order valence-corrected chi connectivity index (χ2v) is 12.4. The summed E-state index contributed by atoms with van der Waals surface area (Å²) >= 11 is 6.15. The molecule has 1 aromatic carbocycles. The van der Waals surface area contributed by atoms with Crippen molar-refractivity contribution in [1.82, 2.24) is 25.0 Å². The lowest BCUT2D eigenvalue weighted by atomic mass is 9.89. The molecule has 7 nitrogen and oxygen atoms in total. The molecule has 2 bridgehead atoms. The smallest absolute Gasteiger partial charge is 0.320 e. The number of hydrogen-bond donors (Lipinski definition) is 1. The molecular weight excluding hydrogens is 534 g/mol. The summed E-state index contributed by atoms with van der Waals surface area (Å²) in [5, 5.41) is 4.24. The zero-order chi connectivity index (χ0) is 28.8. The predicted molar refractivity (Wildman–Crippen MR) is 164 cm³/mol. The minimum absolute atomic E-state index is 0.168. The van der Waals surface area contributed by atoms with Gasteiger partial charge in [-0.1, -0.05) is 49.1 Å². The van der Waals surface area contributed by atoms with E-state index in [2.05, 4.69) is 33.9 Å². The SMILES string of the molecule is CCN(CC)C(=O)N(C1CCCCC1)C1CC2CCC(C1)N2C(=O)[C@H](Cc1ccc(Cl)cc1)NCc1ccccn1. The molecule has 0 spiro atoms. The Bertz CT molecular complexity index is 1120. The van der Waals surface area contributed by atoms with Crippen LogP contribution in [0.1, 0.15) is 82.9 Å². The molecule has 2 saturated heterocycles. The molecule has 2 aliphatic heterocycles. The van der Waals surface area contributed by atoms with Gasteiger partial charge in [0.25, 0.3) is 0 Å². The fraction of sp³-hybridized carbons (Fsp3) is 0.606. The summed E-state index contributed by atoms with van der Waals surface area (Å²) < 4.78 is 0. The van der Waals surface area contributed by atoms with E-state index in [1.807, 2.05) is 47.4 Å². The van der Waals surface area contributed by atoms with Gasteiger partial charge in [0.15, 0.2) is 0 Å². The molecule has 1 N–H and O–H groups in total. The van der Waals surface area contributed by atoms with Crippen LogP contribution in [-0.4, -0.2) is 74.9 Å². The van der Waals surface area contributed by atoms with Crippen LogP contribution in [0.4, 0.5) is 4.79 Å². The Balaban J connectivity index is 1.34. The van der Waals surface area contributed by atoms with Gasteiger partial charge in [-0.25, -0.2) is 4.79 Å². The molecule has 41 heavy (non-hydrogen) atoms. The largest absolute Gasteiger partial charge is 0.335 e. The lowest BCUT2D eigenvalue weighted by molar-refractivity contribution is -0.139. The molecule has 8 heteroatoms. The highest BCUT2D eigenvalue weighted by atomic mass is 35.5. The van der Waals surface area contributed by atoms with E-state index in [1.165, 1.54) is 19.3 Å². The lowest BCUT2D eigenvalue weighted by Crippen LogP contribution is -2.60. The second kappa shape index (κ2) is 14.0. The summed E-state index contributed by atoms with van der Waals surface area (Å²) in [6, 6.07) is 14.4. The highest BCUT2D eigenvalue weighted by molar-refractivity contribution is 6.30. The van der Waals surface area contributed by atoms with Crippen molar-refractivity contribution in [1.29, 1.82) is 0 Å². The van der Waals surface area contributed by atoms with Crippen molar-refractivity contribution in [2.75, 3.05) is 13.1 Å². The maximum Gasteiger partial charge on any atom is 0.320 e. The van der Waals surface area contributed by atoms with Crippen molar-refractivity contribution in [2.24, 2.45) is 0 Å². The number of urea groups is 1. The monoisotopic (exact) mass is 579 g/mol. The van der Waals surface area contributed by atoms with Crippen LogP contribution in [0, 0.1) is 0 Å². The first-order chi connectivity index (χ1) is 20.0. The molecular formula is C33H46ClN5O2. The number of hydrogen-bond acceptors (Lipinski definition) is 4. The van der Waals surface area contributed by atoms with E-state index in [-0.39, 0.29) is 36.1 Å². The number of rotatable bonds is 10. The zero-order valence-electron chi connectivity index (χ0n) is 24.7. The third kappa shape index (κ3) is 7.06. The van der Waals surface area contributed by atoms with Crippen LogP contribution < -0.4 is 5.32 Å². The first kappa shape index (κ1) is 29.8. The molecule has 3 amide bonds. The van der Waals surface area contributed by atoms with Gasteiger partial charge in [-0.15, -0.1) is 0 Å². The average Bonchev–Trinajstić information content (AvgIpc) is 3.27. The molecule has 3 heterocycles. The van der Waals surface area contributed by atoms with Crippen LogP contribution in [0.15, 0.2) is 48.7 Å². The Morgan fingerprint density at radius 3 is 2.24 bits per heavy atom. The second-order valence-electron chi connectivity index (χ2n) is 12.0. The van der Waals surface area contributed by atoms with Gasteiger partial charge in [0, 0.05) is 55.0 Å². The van der Waals surface area contributed by atoms with Gasteiger partial charge in [-0.2, -0.15) is 0 Å². The van der Waals surface area contributed by atoms with Gasteiger partial charge in [0.1, 0.15) is 0 Å². The van der Waals surface area contributed by atoms with Gasteiger partial charge in [-0.3, -0.25) is 15.1 Å². The summed E-state index contributed by atoms with van der Waals surface area (Å²) in [4.78, 5) is 39.0. The molecule has 1 saturated carbocycles. The summed E-state index contributed by atoms with van der Waals surface area (Å²) in [5.41, 5.74) is 2.00. The van der Waals surface area contributed by atoms with Crippen LogP contribution in [0.2, 0.25) is 5.02 Å². The van der Waals surface area contributed by atoms with E-state index >= 15 is 0 Å². The summed E-state index contributed by atoms with van der Waals surface area (Å²) in [6.45, 7) is 6.15. The zero-order valence-corrected chi connectivity index (χ0v) is 25.4. The van der Waals surface area contributed by atoms with E-state index in [1.54, 1.807) is 6.20 Å². The summed E-state index contributed by atoms with van der Waals surface area (Å²) in [6.07, 6.45) is 12.0. The average molecular weight is 580 g/mol. The standard InChI is InChI=1S/C33H46ClN5O2/c1-3-37(4-2)33(41)39(27-11-6-5-7-12-27)30-21-28-17-18-29(22-30)38(28)32(40)31(20-24-13-15-25(34)16-14-24)36-23-26-10-8-9-19-35-26/h8-10,13-16,19,27-31,36H,3-7,11-12,17-18,20-23H2,1-2H3/t28?,29?,30?,31-/m0/s1. The fourth-order valence-electron chi connectivity index (χ4n) is 7.38. The van der Waals surface area contributed by atoms with Crippen LogP contribution in [0.3, 0.4) is 0 Å². The van der Waals surface area contributed by atoms with Crippen LogP contribution >= 0.6 is 11.6 Å². The molecule has 5 rings (SSSR count). The van der Waals surface area contributed by atoms with Crippen molar-refractivity contribution < 1.29 is 9.59 Å². The van der Waals surface area contributed by atoms with E-state index in [9.17, 15) is 9.59 Å². The van der Waals surface area contributed by atoms with Gasteiger partial charge in [0.2, 0.25) is 5.91 Å². The normalized spacial score (nSPS) is 23.3. The first-order valence-electron chi connectivity index (χ1n) is 15.8. The quantitative estimate of drug-likeness (QED) is 0.372. The van der Waals surface area contributed by atoms with E-state index < -0.39 is 0 Å². The summed E-state index contributed by atoms with van der Waals surface area (Å²) in [7, 11) is 0. The molecule has 3 atom stereocenters. The number of pyridine rings is 1. The maximum absolute atomic E-state index is 14.3. The van der Waals surface area contributed by atoms with Gasteiger partial charge < -0.3 is 14.7 Å².